The Morgan fingerprint density at radius 2 is 2.03 bits per heavy atom. The summed E-state index contributed by atoms with van der Waals surface area (Å²) in [5.41, 5.74) is 2.08. The molecule has 1 atom stereocenters. The van der Waals surface area contributed by atoms with Gasteiger partial charge in [0.1, 0.15) is 5.75 Å². The minimum atomic E-state index is -4.41. The van der Waals surface area contributed by atoms with Crippen molar-refractivity contribution in [1.29, 1.82) is 0 Å². The van der Waals surface area contributed by atoms with E-state index in [1.54, 1.807) is 26.3 Å². The number of hydrogen-bond acceptors (Lipinski definition) is 4. The van der Waals surface area contributed by atoms with Crippen LogP contribution in [-0.2, 0) is 6.18 Å². The van der Waals surface area contributed by atoms with Gasteiger partial charge in [-0.05, 0) is 73.2 Å². The van der Waals surface area contributed by atoms with Crippen LogP contribution in [0.15, 0.2) is 48.7 Å². The van der Waals surface area contributed by atoms with Crippen LogP contribution in [0.3, 0.4) is 0 Å². The summed E-state index contributed by atoms with van der Waals surface area (Å²) < 4.78 is 48.0. The van der Waals surface area contributed by atoms with Crippen LogP contribution in [0.4, 0.5) is 18.9 Å². The molecule has 1 saturated heterocycles. The molecular weight excluding hydrogens is 473 g/mol. The van der Waals surface area contributed by atoms with E-state index in [4.69, 9.17) is 4.74 Å². The zero-order chi connectivity index (χ0) is 24.6. The van der Waals surface area contributed by atoms with Gasteiger partial charge in [-0.15, -0.1) is 0 Å². The van der Waals surface area contributed by atoms with Gasteiger partial charge in [0.15, 0.2) is 0 Å². The van der Waals surface area contributed by atoms with Gasteiger partial charge in [0, 0.05) is 23.2 Å². The van der Waals surface area contributed by atoms with E-state index in [1.165, 1.54) is 10.9 Å². The highest BCUT2D eigenvalue weighted by atomic mass is 32.1. The van der Waals surface area contributed by atoms with E-state index in [2.05, 4.69) is 25.6 Å². The molecule has 1 unspecified atom stereocenters. The Hall–Kier alpha value is -3.33. The first-order valence-electron chi connectivity index (χ1n) is 11.4. The van der Waals surface area contributed by atoms with Gasteiger partial charge in [-0.1, -0.05) is 10.9 Å². The molecule has 5 nitrogen and oxygen atoms in total. The molecule has 2 aromatic carbocycles. The Kier molecular flexibility index (Phi) is 6.27. The van der Waals surface area contributed by atoms with Gasteiger partial charge in [-0.2, -0.15) is 13.2 Å². The van der Waals surface area contributed by atoms with Crippen LogP contribution in [0, 0.1) is 12.8 Å². The maximum absolute atomic E-state index is 13.4. The molecule has 1 aromatic heterocycles. The van der Waals surface area contributed by atoms with Crippen LogP contribution >= 0.6 is 10.9 Å². The third kappa shape index (κ3) is 5.05. The number of benzene rings is 2. The van der Waals surface area contributed by atoms with Crippen molar-refractivity contribution in [3.05, 3.63) is 65.4 Å². The Morgan fingerprint density at radius 1 is 1.17 bits per heavy atom. The fourth-order valence-corrected chi connectivity index (χ4v) is 5.49. The first-order valence-corrected chi connectivity index (χ1v) is 12.3. The maximum atomic E-state index is 13.4. The second-order valence-corrected chi connectivity index (χ2v) is 9.77. The molecule has 2 aliphatic rings. The lowest BCUT2D eigenvalue weighted by molar-refractivity contribution is -0.542. The summed E-state index contributed by atoms with van der Waals surface area (Å²) in [5.74, 6) is 2.01. The van der Waals surface area contributed by atoms with Crippen molar-refractivity contribution < 1.29 is 22.5 Å². The minimum Gasteiger partial charge on any atom is -0.497 e. The van der Waals surface area contributed by atoms with Crippen molar-refractivity contribution in [2.24, 2.45) is 5.92 Å². The lowest BCUT2D eigenvalue weighted by Gasteiger charge is -2.24. The first-order chi connectivity index (χ1) is 16.8. The quantitative estimate of drug-likeness (QED) is 0.390. The van der Waals surface area contributed by atoms with Crippen LogP contribution in [-0.4, -0.2) is 46.1 Å². The van der Waals surface area contributed by atoms with E-state index < -0.39 is 11.7 Å². The maximum Gasteiger partial charge on any atom is 0.416 e. The average Bonchev–Trinajstić information content (AvgIpc) is 2.83. The predicted octanol–water partition coefficient (Wildman–Crippen LogP) is 5.08. The Bertz CT molecular complexity index is 1390. The summed E-state index contributed by atoms with van der Waals surface area (Å²) in [6.45, 7) is 3.43. The summed E-state index contributed by atoms with van der Waals surface area (Å²) in [5, 5.41) is 10.5. The van der Waals surface area contributed by atoms with Crippen LogP contribution in [0.25, 0.3) is 10.9 Å². The number of aromatic nitrogens is 1. The van der Waals surface area contributed by atoms with Crippen molar-refractivity contribution in [2.45, 2.75) is 25.9 Å². The number of alkyl halides is 3. The molecule has 35 heavy (non-hydrogen) atoms. The highest BCUT2D eigenvalue weighted by molar-refractivity contribution is 7.97. The number of rotatable bonds is 3. The molecule has 0 amide bonds. The molecule has 1 fully saturated rings. The SMILES string of the molecule is COc1ccc2nccc(C3=[N+]4CCCC(C=S=C(Nc5cc(C)cc(C(F)(F)F)c5)N3)C4)c2c1. The molecule has 2 aliphatic heterocycles. The van der Waals surface area contributed by atoms with E-state index in [1.807, 2.05) is 24.3 Å². The van der Waals surface area contributed by atoms with Crippen molar-refractivity contribution in [1.82, 2.24) is 10.3 Å². The molecule has 5 rings (SSSR count). The number of halogens is 3. The average molecular weight is 500 g/mol. The van der Waals surface area contributed by atoms with Gasteiger partial charge >= 0.3 is 6.18 Å². The van der Waals surface area contributed by atoms with E-state index >= 15 is 0 Å². The number of methoxy groups -OCH3 is 1. The van der Waals surface area contributed by atoms with Gasteiger partial charge in [-0.3, -0.25) is 9.56 Å². The van der Waals surface area contributed by atoms with E-state index in [-0.39, 0.29) is 0 Å². The van der Waals surface area contributed by atoms with Gasteiger partial charge in [0.2, 0.25) is 0 Å². The summed E-state index contributed by atoms with van der Waals surface area (Å²) >= 11 is 0. The third-order valence-electron chi connectivity index (χ3n) is 6.25. The standard InChI is InChI=1S/C26H25F3N4OS/c1-16-10-18(26(27,28)29)12-19(11-16)31-25-32-24(33-9-3-4-17(14-33)15-35-25)21-7-8-30-23-6-5-20(34-2)13-22(21)23/h5-8,10-13,15,17,31H,3-4,9,14H2,1-2H3/p+1. The van der Waals surface area contributed by atoms with Crippen LogP contribution in [0.2, 0.25) is 0 Å². The van der Waals surface area contributed by atoms with Gasteiger partial charge in [-0.25, -0.2) is 5.32 Å². The number of pyridine rings is 1. The zero-order valence-electron chi connectivity index (χ0n) is 19.4. The smallest absolute Gasteiger partial charge is 0.416 e. The van der Waals surface area contributed by atoms with Crippen LogP contribution in [0.5, 0.6) is 5.75 Å². The number of hydrogen-bond donors (Lipinski definition) is 2. The molecule has 0 radical (unpaired) electrons. The second-order valence-electron chi connectivity index (χ2n) is 8.86. The van der Waals surface area contributed by atoms with Crippen LogP contribution in [0.1, 0.15) is 29.5 Å². The van der Waals surface area contributed by atoms with Crippen LogP contribution < -0.4 is 15.4 Å². The number of nitrogens with one attached hydrogen (secondary N) is 2. The Morgan fingerprint density at radius 3 is 2.83 bits per heavy atom. The number of nitrogens with zero attached hydrogens (tertiary/aromatic N) is 2. The van der Waals surface area contributed by atoms with Crippen molar-refractivity contribution in [2.75, 3.05) is 25.5 Å². The first kappa shape index (κ1) is 23.4. The van der Waals surface area contributed by atoms with Crippen molar-refractivity contribution in [3.8, 4) is 5.75 Å². The number of anilines is 1. The molecule has 9 heteroatoms. The van der Waals surface area contributed by atoms with Gasteiger partial charge in [0.05, 0.1) is 36.8 Å². The normalized spacial score (nSPS) is 18.2. The predicted molar refractivity (Wildman–Crippen MR) is 137 cm³/mol. The largest absolute Gasteiger partial charge is 0.497 e. The van der Waals surface area contributed by atoms with E-state index in [0.717, 1.165) is 66.1 Å². The summed E-state index contributed by atoms with van der Waals surface area (Å²) in [6, 6.07) is 11.8. The molecule has 0 aliphatic carbocycles. The lowest BCUT2D eigenvalue weighted by Crippen LogP contribution is -2.45. The van der Waals surface area contributed by atoms with E-state index in [9.17, 15) is 13.2 Å². The molecule has 0 spiro atoms. The number of aryl methyl sites for hydroxylation is 1. The lowest BCUT2D eigenvalue weighted by atomic mass is 10.00. The highest BCUT2D eigenvalue weighted by Gasteiger charge is 2.32. The summed E-state index contributed by atoms with van der Waals surface area (Å²) in [7, 11) is 3.12. The molecule has 182 valence electrons. The number of ether oxygens (including phenoxy) is 1. The third-order valence-corrected chi connectivity index (χ3v) is 7.21. The fourth-order valence-electron chi connectivity index (χ4n) is 4.61. The summed E-state index contributed by atoms with van der Waals surface area (Å²) in [4.78, 5) is 4.51. The second kappa shape index (κ2) is 9.37. The monoisotopic (exact) mass is 499 g/mol. The molecule has 3 aromatic rings. The molecule has 0 saturated carbocycles. The van der Waals surface area contributed by atoms with E-state index in [0.29, 0.717) is 22.3 Å². The van der Waals surface area contributed by atoms with Gasteiger partial charge in [0.25, 0.3) is 10.9 Å². The fraction of sp³-hybridized carbons (Fsp3) is 0.308. The molecular formula is C26H26F3N4OS+. The zero-order valence-corrected chi connectivity index (χ0v) is 20.3. The summed E-state index contributed by atoms with van der Waals surface area (Å²) in [6.07, 6.45) is -0.482. The molecule has 3 heterocycles. The topological polar surface area (TPSA) is 49.2 Å². The molecule has 2 N–H and O–H groups in total. The highest BCUT2D eigenvalue weighted by Crippen LogP contribution is 2.32. The number of fused-ring (bicyclic) bond motifs is 3. The van der Waals surface area contributed by atoms with Crippen molar-refractivity contribution >= 4 is 43.8 Å². The number of piperidine rings is 1. The Labute approximate surface area is 205 Å². The minimum absolute atomic E-state index is 0.369. The van der Waals surface area contributed by atoms with Gasteiger partial charge < -0.3 is 10.1 Å². The number of amidine groups is 1. The molecule has 2 bridgehead atoms. The van der Waals surface area contributed by atoms with Crippen molar-refractivity contribution in [3.63, 3.8) is 0 Å². The Balaban J connectivity index is 1.59.